The fraction of sp³-hybridized carbons (Fsp3) is 0.714. The molecule has 2 N–H and O–H groups in total. The summed E-state index contributed by atoms with van der Waals surface area (Å²) < 4.78 is 0. The van der Waals surface area contributed by atoms with Crippen LogP contribution in [0.5, 0.6) is 0 Å². The van der Waals surface area contributed by atoms with Gasteiger partial charge in [0.15, 0.2) is 0 Å². The first-order valence-electron chi connectivity index (χ1n) is 6.84. The van der Waals surface area contributed by atoms with Gasteiger partial charge in [0, 0.05) is 15.8 Å². The van der Waals surface area contributed by atoms with Crippen LogP contribution < -0.4 is 5.73 Å². The molecule has 17 heavy (non-hydrogen) atoms. The number of hydrogen-bond donors (Lipinski definition) is 1. The van der Waals surface area contributed by atoms with Crippen molar-refractivity contribution >= 4 is 11.3 Å². The monoisotopic (exact) mass is 252 g/mol. The first-order chi connectivity index (χ1) is 8.26. The lowest BCUT2D eigenvalue weighted by atomic mass is 10.0. The second-order valence-electron chi connectivity index (χ2n) is 4.89. The highest BCUT2D eigenvalue weighted by atomic mass is 32.1. The zero-order chi connectivity index (χ0) is 12.3. The van der Waals surface area contributed by atoms with Crippen LogP contribution in [0.15, 0.2) is 12.1 Å². The smallest absolute Gasteiger partial charge is 0.0593 e. The third-order valence-electron chi connectivity index (χ3n) is 3.76. The number of likely N-dealkylation sites (tertiary alicyclic amines) is 1. The van der Waals surface area contributed by atoms with E-state index >= 15 is 0 Å². The van der Waals surface area contributed by atoms with Gasteiger partial charge in [0.2, 0.25) is 0 Å². The second-order valence-corrected chi connectivity index (χ2v) is 6.09. The summed E-state index contributed by atoms with van der Waals surface area (Å²) in [6.07, 6.45) is 4.88. The summed E-state index contributed by atoms with van der Waals surface area (Å²) in [5.41, 5.74) is 6.39. The van der Waals surface area contributed by atoms with E-state index in [1.807, 2.05) is 11.3 Å². The SMILES string of the molecule is CCc1ccc(C2C(N)CCCCN2CC)s1. The molecule has 0 amide bonds. The van der Waals surface area contributed by atoms with Crippen molar-refractivity contribution in [2.75, 3.05) is 13.1 Å². The molecule has 2 rings (SSSR count). The Morgan fingerprint density at radius 3 is 2.82 bits per heavy atom. The average Bonchev–Trinajstić information content (AvgIpc) is 2.73. The third kappa shape index (κ3) is 2.90. The molecule has 2 unspecified atom stereocenters. The molecule has 0 spiro atoms. The topological polar surface area (TPSA) is 29.3 Å². The molecule has 1 saturated heterocycles. The van der Waals surface area contributed by atoms with Crippen LogP contribution in [-0.4, -0.2) is 24.0 Å². The van der Waals surface area contributed by atoms with E-state index in [9.17, 15) is 0 Å². The number of hydrogen-bond acceptors (Lipinski definition) is 3. The quantitative estimate of drug-likeness (QED) is 0.895. The van der Waals surface area contributed by atoms with Crippen LogP contribution in [0.2, 0.25) is 0 Å². The first kappa shape index (κ1) is 13.1. The number of nitrogens with zero attached hydrogens (tertiary/aromatic N) is 1. The van der Waals surface area contributed by atoms with E-state index in [0.29, 0.717) is 12.1 Å². The molecule has 0 aromatic carbocycles. The minimum atomic E-state index is 0.306. The van der Waals surface area contributed by atoms with Crippen molar-refractivity contribution < 1.29 is 0 Å². The van der Waals surface area contributed by atoms with Crippen LogP contribution in [-0.2, 0) is 6.42 Å². The van der Waals surface area contributed by atoms with Crippen molar-refractivity contribution in [2.24, 2.45) is 5.73 Å². The zero-order valence-corrected chi connectivity index (χ0v) is 11.8. The van der Waals surface area contributed by atoms with Gasteiger partial charge in [-0.2, -0.15) is 0 Å². The first-order valence-corrected chi connectivity index (χ1v) is 7.66. The maximum absolute atomic E-state index is 6.39. The molecule has 96 valence electrons. The highest BCUT2D eigenvalue weighted by Crippen LogP contribution is 2.33. The summed E-state index contributed by atoms with van der Waals surface area (Å²) in [6.45, 7) is 6.78. The number of thiophene rings is 1. The van der Waals surface area contributed by atoms with Gasteiger partial charge in [-0.05, 0) is 44.5 Å². The molecule has 2 atom stereocenters. The highest BCUT2D eigenvalue weighted by molar-refractivity contribution is 7.12. The third-order valence-corrected chi connectivity index (χ3v) is 5.06. The second kappa shape index (κ2) is 5.98. The average molecular weight is 252 g/mol. The Bertz CT molecular complexity index is 348. The van der Waals surface area contributed by atoms with E-state index in [0.717, 1.165) is 13.0 Å². The van der Waals surface area contributed by atoms with Gasteiger partial charge < -0.3 is 5.73 Å². The van der Waals surface area contributed by atoms with Gasteiger partial charge >= 0.3 is 0 Å². The van der Waals surface area contributed by atoms with E-state index in [1.165, 1.54) is 35.6 Å². The summed E-state index contributed by atoms with van der Waals surface area (Å²) in [5, 5.41) is 0. The minimum absolute atomic E-state index is 0.306. The fourth-order valence-corrected chi connectivity index (χ4v) is 3.92. The van der Waals surface area contributed by atoms with E-state index in [4.69, 9.17) is 5.73 Å². The summed E-state index contributed by atoms with van der Waals surface area (Å²) in [4.78, 5) is 5.51. The van der Waals surface area contributed by atoms with E-state index in [2.05, 4.69) is 30.9 Å². The molecular formula is C14H24N2S. The van der Waals surface area contributed by atoms with Crippen molar-refractivity contribution in [1.82, 2.24) is 4.90 Å². The van der Waals surface area contributed by atoms with E-state index < -0.39 is 0 Å². The molecule has 3 heteroatoms. The predicted molar refractivity (Wildman–Crippen MR) is 75.5 cm³/mol. The van der Waals surface area contributed by atoms with Crippen LogP contribution in [0.25, 0.3) is 0 Å². The van der Waals surface area contributed by atoms with Gasteiger partial charge in [0.05, 0.1) is 6.04 Å². The van der Waals surface area contributed by atoms with Crippen LogP contribution in [0.1, 0.15) is 48.9 Å². The van der Waals surface area contributed by atoms with Crippen molar-refractivity contribution in [3.63, 3.8) is 0 Å². The molecule has 2 heterocycles. The number of likely N-dealkylation sites (N-methyl/N-ethyl adjacent to an activating group) is 1. The van der Waals surface area contributed by atoms with Crippen LogP contribution in [0.4, 0.5) is 0 Å². The van der Waals surface area contributed by atoms with Crippen molar-refractivity contribution in [3.8, 4) is 0 Å². The van der Waals surface area contributed by atoms with Crippen molar-refractivity contribution in [1.29, 1.82) is 0 Å². The summed E-state index contributed by atoms with van der Waals surface area (Å²) in [5.74, 6) is 0. The summed E-state index contributed by atoms with van der Waals surface area (Å²) in [6, 6.07) is 5.32. The Labute approximate surface area is 109 Å². The van der Waals surface area contributed by atoms with E-state index in [1.54, 1.807) is 0 Å². The molecule has 2 nitrogen and oxygen atoms in total. The Morgan fingerprint density at radius 1 is 1.35 bits per heavy atom. The minimum Gasteiger partial charge on any atom is -0.326 e. The molecule has 1 aromatic rings. The lowest BCUT2D eigenvalue weighted by Crippen LogP contribution is -2.39. The molecule has 1 fully saturated rings. The van der Waals surface area contributed by atoms with Gasteiger partial charge in [-0.25, -0.2) is 0 Å². The van der Waals surface area contributed by atoms with Crippen molar-refractivity contribution in [2.45, 2.75) is 51.6 Å². The standard InChI is InChI=1S/C14H24N2S/c1-3-11-8-9-13(17-11)14-12(15)7-5-6-10-16(14)4-2/h8-9,12,14H,3-7,10,15H2,1-2H3. The summed E-state index contributed by atoms with van der Waals surface area (Å²) in [7, 11) is 0. The molecule has 0 bridgehead atoms. The molecule has 0 aliphatic carbocycles. The number of aryl methyl sites for hydroxylation is 1. The van der Waals surface area contributed by atoms with Gasteiger partial charge in [0.25, 0.3) is 0 Å². The Kier molecular flexibility index (Phi) is 4.60. The Hall–Kier alpha value is -0.380. The molecule has 1 aromatic heterocycles. The largest absolute Gasteiger partial charge is 0.326 e. The molecular weight excluding hydrogens is 228 g/mol. The lowest BCUT2D eigenvalue weighted by Gasteiger charge is -2.31. The number of rotatable bonds is 3. The number of nitrogens with two attached hydrogens (primary N) is 1. The van der Waals surface area contributed by atoms with Gasteiger partial charge in [-0.3, -0.25) is 4.90 Å². The highest BCUT2D eigenvalue weighted by Gasteiger charge is 2.28. The van der Waals surface area contributed by atoms with Gasteiger partial charge in [0.1, 0.15) is 0 Å². The summed E-state index contributed by atoms with van der Waals surface area (Å²) >= 11 is 1.95. The fourth-order valence-electron chi connectivity index (χ4n) is 2.75. The van der Waals surface area contributed by atoms with E-state index in [-0.39, 0.29) is 0 Å². The normalized spacial score (nSPS) is 27.0. The maximum atomic E-state index is 6.39. The maximum Gasteiger partial charge on any atom is 0.0593 e. The predicted octanol–water partition coefficient (Wildman–Crippen LogP) is 3.18. The van der Waals surface area contributed by atoms with Crippen LogP contribution >= 0.6 is 11.3 Å². The zero-order valence-electron chi connectivity index (χ0n) is 11.0. The van der Waals surface area contributed by atoms with Crippen LogP contribution in [0.3, 0.4) is 0 Å². The Balaban J connectivity index is 2.23. The van der Waals surface area contributed by atoms with Gasteiger partial charge in [-0.15, -0.1) is 11.3 Å². The Morgan fingerprint density at radius 2 is 2.18 bits per heavy atom. The molecule has 1 aliphatic heterocycles. The lowest BCUT2D eigenvalue weighted by molar-refractivity contribution is 0.198. The van der Waals surface area contributed by atoms with Crippen molar-refractivity contribution in [3.05, 3.63) is 21.9 Å². The molecule has 0 saturated carbocycles. The van der Waals surface area contributed by atoms with Crippen LogP contribution in [0, 0.1) is 0 Å². The molecule has 0 radical (unpaired) electrons. The van der Waals surface area contributed by atoms with Gasteiger partial charge in [-0.1, -0.05) is 20.3 Å². The molecule has 1 aliphatic rings.